The Morgan fingerprint density at radius 3 is 2.68 bits per heavy atom. The second-order valence-corrected chi connectivity index (χ2v) is 10.3. The summed E-state index contributed by atoms with van der Waals surface area (Å²) in [6.07, 6.45) is 6.39. The number of esters is 1. The lowest BCUT2D eigenvalue weighted by Gasteiger charge is -2.28. The number of ether oxygens (including phenoxy) is 2. The maximum atomic E-state index is 13.5. The van der Waals surface area contributed by atoms with Gasteiger partial charge in [0, 0.05) is 31.2 Å². The van der Waals surface area contributed by atoms with E-state index >= 15 is 0 Å². The summed E-state index contributed by atoms with van der Waals surface area (Å²) in [5.41, 5.74) is 1.19. The number of amides is 1. The van der Waals surface area contributed by atoms with E-state index in [0.717, 1.165) is 25.1 Å². The number of halogens is 2. The maximum Gasteiger partial charge on any atom is 0.343 e. The minimum absolute atomic E-state index is 0.0133. The third kappa shape index (κ3) is 5.98. The van der Waals surface area contributed by atoms with Crippen molar-refractivity contribution in [3.63, 3.8) is 0 Å². The largest absolute Gasteiger partial charge is 0.474 e. The minimum atomic E-state index is -0.735. The molecule has 1 fully saturated rings. The predicted molar refractivity (Wildman–Crippen MR) is 158 cm³/mol. The number of hydrogen-bond donors (Lipinski definition) is 1. The summed E-state index contributed by atoms with van der Waals surface area (Å²) in [6.45, 7) is 4.25. The lowest BCUT2D eigenvalue weighted by molar-refractivity contribution is -0.114. The molecule has 12 heteroatoms. The second kappa shape index (κ2) is 12.2. The van der Waals surface area contributed by atoms with Crippen LogP contribution in [-0.4, -0.2) is 52.2 Å². The van der Waals surface area contributed by atoms with Crippen LogP contribution in [0.4, 0.5) is 11.5 Å². The first kappa shape index (κ1) is 28.4. The van der Waals surface area contributed by atoms with E-state index in [0.29, 0.717) is 39.6 Å². The van der Waals surface area contributed by atoms with Gasteiger partial charge in [-0.2, -0.15) is 0 Å². The molecule has 4 aromatic rings. The van der Waals surface area contributed by atoms with Crippen molar-refractivity contribution in [2.75, 3.05) is 30.0 Å². The van der Waals surface area contributed by atoms with Crippen LogP contribution in [0.5, 0.6) is 5.88 Å². The van der Waals surface area contributed by atoms with Crippen LogP contribution in [0.1, 0.15) is 37.0 Å². The number of pyridine rings is 3. The van der Waals surface area contributed by atoms with Gasteiger partial charge in [-0.05, 0) is 56.2 Å². The van der Waals surface area contributed by atoms with Gasteiger partial charge in [0.1, 0.15) is 23.0 Å². The average molecular weight is 596 g/mol. The smallest absolute Gasteiger partial charge is 0.343 e. The molecule has 212 valence electrons. The van der Waals surface area contributed by atoms with Crippen LogP contribution in [0, 0.1) is 0 Å². The number of hydrogen-bond acceptors (Lipinski definition) is 8. The predicted octanol–water partition coefficient (Wildman–Crippen LogP) is 5.27. The monoisotopic (exact) mass is 595 g/mol. The Kier molecular flexibility index (Phi) is 8.41. The molecule has 1 aliphatic rings. The topological polar surface area (TPSA) is 116 Å². The van der Waals surface area contributed by atoms with Gasteiger partial charge < -0.3 is 24.3 Å². The molecule has 0 bridgehead atoms. The van der Waals surface area contributed by atoms with E-state index in [4.69, 9.17) is 32.7 Å². The summed E-state index contributed by atoms with van der Waals surface area (Å²) in [7, 11) is 0. The fraction of sp³-hybridized carbons (Fsp3) is 0.276. The zero-order valence-electron chi connectivity index (χ0n) is 22.4. The molecule has 1 N–H and O–H groups in total. The van der Waals surface area contributed by atoms with Crippen molar-refractivity contribution >= 4 is 57.5 Å². The van der Waals surface area contributed by atoms with E-state index in [2.05, 4.69) is 20.2 Å². The summed E-state index contributed by atoms with van der Waals surface area (Å²) in [6, 6.07) is 10.2. The first-order chi connectivity index (χ1) is 19.8. The Labute approximate surface area is 245 Å². The molecule has 0 saturated carbocycles. The Morgan fingerprint density at radius 2 is 1.98 bits per heavy atom. The van der Waals surface area contributed by atoms with Gasteiger partial charge in [-0.25, -0.2) is 14.8 Å². The average Bonchev–Trinajstić information content (AvgIpc) is 3.41. The summed E-state index contributed by atoms with van der Waals surface area (Å²) in [5.74, 6) is -0.256. The number of nitrogens with one attached hydrogen (secondary N) is 1. The van der Waals surface area contributed by atoms with Gasteiger partial charge in [0.25, 0.3) is 0 Å². The molecular weight excluding hydrogens is 569 g/mol. The molecule has 1 amide bonds. The maximum absolute atomic E-state index is 13.5. The Morgan fingerprint density at radius 1 is 1.15 bits per heavy atom. The van der Waals surface area contributed by atoms with Crippen LogP contribution in [-0.2, 0) is 9.53 Å². The van der Waals surface area contributed by atoms with Gasteiger partial charge in [-0.3, -0.25) is 9.59 Å². The van der Waals surface area contributed by atoms with Gasteiger partial charge >= 0.3 is 5.97 Å². The van der Waals surface area contributed by atoms with Crippen LogP contribution in [0.2, 0.25) is 10.0 Å². The zero-order chi connectivity index (χ0) is 29.1. The SMILES string of the molecule is CCOC(=O)c1cn(-c2ccc(NC(C)=O)nc2)c2cc(N3CCC[C@@H]3COc3ncccc3Cl)c(Cl)cc2c1=O. The lowest BCUT2D eigenvalue weighted by atomic mass is 10.1. The molecule has 1 aromatic carbocycles. The number of carbonyl (C=O) groups is 2. The normalized spacial score (nSPS) is 14.7. The van der Waals surface area contributed by atoms with Crippen molar-refractivity contribution < 1.29 is 19.1 Å². The standard InChI is InChI=1S/C29H27Cl2N5O5/c1-3-40-29(39)21-15-36(18-8-9-26(33-14-18)34-17(2)37)24-13-25(23(31)12-20(24)27(21)38)35-11-5-6-19(35)16-41-28-22(30)7-4-10-32-28/h4,7-10,12-15,19H,3,5-6,11,16H2,1-2H3,(H,33,34,37)/t19-/m1/s1. The molecule has 0 spiro atoms. The number of rotatable bonds is 8. The van der Waals surface area contributed by atoms with Gasteiger partial charge in [0.15, 0.2) is 0 Å². The van der Waals surface area contributed by atoms with E-state index < -0.39 is 11.4 Å². The van der Waals surface area contributed by atoms with Crippen LogP contribution in [0.3, 0.4) is 0 Å². The van der Waals surface area contributed by atoms with Crippen molar-refractivity contribution in [2.45, 2.75) is 32.7 Å². The Hall–Kier alpha value is -4.15. The molecule has 1 aliphatic heterocycles. The second-order valence-electron chi connectivity index (χ2n) is 9.46. The fourth-order valence-electron chi connectivity index (χ4n) is 4.88. The van der Waals surface area contributed by atoms with Gasteiger partial charge in [-0.1, -0.05) is 23.2 Å². The molecule has 3 aromatic heterocycles. The highest BCUT2D eigenvalue weighted by Crippen LogP contribution is 2.36. The number of fused-ring (bicyclic) bond motifs is 1. The van der Waals surface area contributed by atoms with Crippen LogP contribution < -0.4 is 20.4 Å². The van der Waals surface area contributed by atoms with Crippen molar-refractivity contribution in [1.29, 1.82) is 0 Å². The molecule has 0 aliphatic carbocycles. The highest BCUT2D eigenvalue weighted by Gasteiger charge is 2.29. The lowest BCUT2D eigenvalue weighted by Crippen LogP contribution is -2.34. The van der Waals surface area contributed by atoms with E-state index in [1.807, 2.05) is 6.07 Å². The first-order valence-electron chi connectivity index (χ1n) is 13.1. The van der Waals surface area contributed by atoms with Crippen molar-refractivity contribution in [2.24, 2.45) is 0 Å². The Bertz CT molecular complexity index is 1680. The molecule has 41 heavy (non-hydrogen) atoms. The number of carbonyl (C=O) groups excluding carboxylic acids is 2. The molecule has 0 radical (unpaired) electrons. The minimum Gasteiger partial charge on any atom is -0.474 e. The van der Waals surface area contributed by atoms with Crippen LogP contribution in [0.15, 0.2) is 59.8 Å². The summed E-state index contributed by atoms with van der Waals surface area (Å²) in [4.78, 5) is 48.3. The summed E-state index contributed by atoms with van der Waals surface area (Å²) >= 11 is 13.0. The van der Waals surface area contributed by atoms with E-state index in [9.17, 15) is 14.4 Å². The van der Waals surface area contributed by atoms with Gasteiger partial charge in [0.05, 0.1) is 40.8 Å². The highest BCUT2D eigenvalue weighted by atomic mass is 35.5. The quantitative estimate of drug-likeness (QED) is 0.274. The molecule has 1 saturated heterocycles. The van der Waals surface area contributed by atoms with E-state index in [1.165, 1.54) is 13.1 Å². The number of benzene rings is 1. The van der Waals surface area contributed by atoms with Crippen molar-refractivity contribution in [3.8, 4) is 11.6 Å². The third-order valence-electron chi connectivity index (χ3n) is 6.72. The summed E-state index contributed by atoms with van der Waals surface area (Å²) < 4.78 is 12.8. The van der Waals surface area contributed by atoms with E-state index in [-0.39, 0.29) is 29.5 Å². The van der Waals surface area contributed by atoms with E-state index in [1.54, 1.807) is 54.2 Å². The molecule has 10 nitrogen and oxygen atoms in total. The molecule has 4 heterocycles. The first-order valence-corrected chi connectivity index (χ1v) is 13.8. The molecule has 1 atom stereocenters. The van der Waals surface area contributed by atoms with Crippen molar-refractivity contribution in [1.82, 2.24) is 14.5 Å². The zero-order valence-corrected chi connectivity index (χ0v) is 23.9. The number of nitrogens with zero attached hydrogens (tertiary/aromatic N) is 4. The number of aromatic nitrogens is 3. The fourth-order valence-corrected chi connectivity index (χ4v) is 5.33. The molecule has 0 unspecified atom stereocenters. The molecular formula is C29H27Cl2N5O5. The molecule has 5 rings (SSSR count). The summed E-state index contributed by atoms with van der Waals surface area (Å²) in [5, 5.41) is 3.68. The number of anilines is 2. The van der Waals surface area contributed by atoms with Gasteiger partial charge in [0.2, 0.25) is 17.2 Å². The highest BCUT2D eigenvalue weighted by molar-refractivity contribution is 6.34. The van der Waals surface area contributed by atoms with Crippen molar-refractivity contribution in [3.05, 3.63) is 80.8 Å². The van der Waals surface area contributed by atoms with Crippen LogP contribution >= 0.6 is 23.2 Å². The Balaban J connectivity index is 1.59. The third-order valence-corrected chi connectivity index (χ3v) is 7.31. The van der Waals surface area contributed by atoms with Gasteiger partial charge in [-0.15, -0.1) is 0 Å². The van der Waals surface area contributed by atoms with Crippen LogP contribution in [0.25, 0.3) is 16.6 Å².